The average molecular weight is 408 g/mol. The second-order valence-corrected chi connectivity index (χ2v) is 5.08. The topological polar surface area (TPSA) is 34.1 Å². The van der Waals surface area contributed by atoms with E-state index in [0.717, 1.165) is 0 Å². The third kappa shape index (κ3) is 6.81. The van der Waals surface area contributed by atoms with Crippen LogP contribution >= 0.6 is 0 Å². The molecule has 0 bridgehead atoms. The summed E-state index contributed by atoms with van der Waals surface area (Å²) in [5.41, 5.74) is 0. The van der Waals surface area contributed by atoms with Crippen molar-refractivity contribution in [3.05, 3.63) is 60.7 Å². The van der Waals surface area contributed by atoms with Gasteiger partial charge in [0.25, 0.3) is 0 Å². The van der Waals surface area contributed by atoms with Crippen molar-refractivity contribution in [1.82, 2.24) is 0 Å². The molecule has 20 heavy (non-hydrogen) atoms. The molecular formula is C12H10Cl4O2STi. The van der Waals surface area contributed by atoms with Gasteiger partial charge in [0, 0.05) is 0 Å². The minimum absolute atomic E-state index is 0. The first-order valence-electron chi connectivity index (χ1n) is 4.56. The van der Waals surface area contributed by atoms with Crippen LogP contribution in [-0.4, -0.2) is 8.42 Å². The number of sulfone groups is 1. The van der Waals surface area contributed by atoms with Crippen LogP contribution in [0.1, 0.15) is 0 Å². The molecule has 0 spiro atoms. The Labute approximate surface area is 159 Å². The summed E-state index contributed by atoms with van der Waals surface area (Å²) in [5.74, 6) is 0. The van der Waals surface area contributed by atoms with Gasteiger partial charge in [-0.15, -0.1) is 0 Å². The van der Waals surface area contributed by atoms with Gasteiger partial charge in [-0.25, -0.2) is 8.42 Å². The van der Waals surface area contributed by atoms with Crippen molar-refractivity contribution in [3.8, 4) is 0 Å². The maximum atomic E-state index is 12.0. The fourth-order valence-electron chi connectivity index (χ4n) is 1.34. The monoisotopic (exact) mass is 406 g/mol. The summed E-state index contributed by atoms with van der Waals surface area (Å²) in [6.07, 6.45) is 0. The average Bonchev–Trinajstić information content (AvgIpc) is 2.31. The smallest absolute Gasteiger partial charge is 1.00 e. The van der Waals surface area contributed by atoms with Crippen molar-refractivity contribution in [2.45, 2.75) is 9.79 Å². The molecule has 0 aromatic heterocycles. The van der Waals surface area contributed by atoms with Gasteiger partial charge in [-0.1, -0.05) is 36.4 Å². The van der Waals surface area contributed by atoms with Crippen molar-refractivity contribution in [1.29, 1.82) is 0 Å². The van der Waals surface area contributed by atoms with Crippen LogP contribution in [0.3, 0.4) is 0 Å². The third-order valence-electron chi connectivity index (χ3n) is 2.11. The normalized spacial score (nSPS) is 8.40. The van der Waals surface area contributed by atoms with Crippen molar-refractivity contribution >= 4 is 9.84 Å². The van der Waals surface area contributed by atoms with E-state index in [9.17, 15) is 8.42 Å². The molecule has 0 atom stereocenters. The Morgan fingerprint density at radius 2 is 0.800 bits per heavy atom. The van der Waals surface area contributed by atoms with Crippen molar-refractivity contribution in [2.75, 3.05) is 0 Å². The molecule has 0 saturated heterocycles. The number of benzene rings is 2. The van der Waals surface area contributed by atoms with Crippen LogP contribution in [0.5, 0.6) is 0 Å². The van der Waals surface area contributed by atoms with Crippen LogP contribution < -0.4 is 49.6 Å². The van der Waals surface area contributed by atoms with Crippen molar-refractivity contribution in [2.24, 2.45) is 0 Å². The zero-order chi connectivity index (χ0) is 10.7. The third-order valence-corrected chi connectivity index (χ3v) is 3.89. The van der Waals surface area contributed by atoms with E-state index in [-0.39, 0.29) is 71.3 Å². The van der Waals surface area contributed by atoms with Crippen LogP contribution in [0.25, 0.3) is 0 Å². The molecule has 0 saturated carbocycles. The predicted molar refractivity (Wildman–Crippen MR) is 58.3 cm³/mol. The summed E-state index contributed by atoms with van der Waals surface area (Å²) in [6.45, 7) is 0. The van der Waals surface area contributed by atoms with Crippen LogP contribution in [0.2, 0.25) is 0 Å². The molecule has 0 heterocycles. The molecule has 0 unspecified atom stereocenters. The van der Waals surface area contributed by atoms with Crippen LogP contribution in [-0.2, 0) is 31.6 Å². The van der Waals surface area contributed by atoms with Crippen molar-refractivity contribution in [3.63, 3.8) is 0 Å². The molecule has 2 aromatic carbocycles. The standard InChI is InChI=1S/C12H10O2S.4ClH.Ti/c13-15(14,11-7-3-1-4-8-11)12-9-5-2-6-10-12;;;;;/h1-10H;4*1H;/q;;;;;+4/p-4. The molecule has 0 radical (unpaired) electrons. The molecule has 0 aliphatic rings. The molecule has 0 fully saturated rings. The number of halogens is 4. The van der Waals surface area contributed by atoms with E-state index in [1.165, 1.54) is 0 Å². The fraction of sp³-hybridized carbons (Fsp3) is 0. The van der Waals surface area contributed by atoms with Gasteiger partial charge >= 0.3 is 21.7 Å². The maximum Gasteiger partial charge on any atom is 4.00 e. The number of hydrogen-bond acceptors (Lipinski definition) is 2. The van der Waals surface area contributed by atoms with Gasteiger partial charge < -0.3 is 49.6 Å². The van der Waals surface area contributed by atoms with E-state index in [0.29, 0.717) is 9.79 Å². The molecule has 2 aromatic rings. The summed E-state index contributed by atoms with van der Waals surface area (Å²) >= 11 is 0. The number of hydrogen-bond donors (Lipinski definition) is 0. The van der Waals surface area contributed by atoms with E-state index in [1.54, 1.807) is 60.7 Å². The van der Waals surface area contributed by atoms with E-state index >= 15 is 0 Å². The quantitative estimate of drug-likeness (QED) is 0.463. The Kier molecular flexibility index (Phi) is 18.4. The largest absolute Gasteiger partial charge is 4.00 e. The first-order chi connectivity index (χ1) is 7.21. The molecular weight excluding hydrogens is 398 g/mol. The van der Waals surface area contributed by atoms with Crippen molar-refractivity contribution < 1.29 is 79.8 Å². The van der Waals surface area contributed by atoms with E-state index in [1.807, 2.05) is 0 Å². The Hall–Kier alpha value is 0.264. The Morgan fingerprint density at radius 1 is 0.550 bits per heavy atom. The Morgan fingerprint density at radius 3 is 1.05 bits per heavy atom. The molecule has 0 aliphatic heterocycles. The van der Waals surface area contributed by atoms with Gasteiger partial charge in [-0.05, 0) is 24.3 Å². The summed E-state index contributed by atoms with van der Waals surface area (Å²) in [5, 5.41) is 0. The van der Waals surface area contributed by atoms with E-state index in [4.69, 9.17) is 0 Å². The summed E-state index contributed by atoms with van der Waals surface area (Å²) in [4.78, 5) is 0.660. The van der Waals surface area contributed by atoms with Gasteiger partial charge in [-0.3, -0.25) is 0 Å². The Bertz CT molecular complexity index is 505. The predicted octanol–water partition coefficient (Wildman–Crippen LogP) is -9.47. The fourth-order valence-corrected chi connectivity index (χ4v) is 2.64. The maximum absolute atomic E-state index is 12.0. The van der Waals surface area contributed by atoms with Crippen LogP contribution in [0.15, 0.2) is 70.5 Å². The zero-order valence-electron chi connectivity index (χ0n) is 10.0. The van der Waals surface area contributed by atoms with Crippen LogP contribution in [0, 0.1) is 0 Å². The molecule has 2 nitrogen and oxygen atoms in total. The van der Waals surface area contributed by atoms with Gasteiger partial charge in [0.1, 0.15) is 0 Å². The molecule has 108 valence electrons. The minimum Gasteiger partial charge on any atom is -1.00 e. The summed E-state index contributed by atoms with van der Waals surface area (Å²) < 4.78 is 24.1. The summed E-state index contributed by atoms with van der Waals surface area (Å²) in [7, 11) is -3.34. The molecule has 2 rings (SSSR count). The van der Waals surface area contributed by atoms with Gasteiger partial charge in [0.2, 0.25) is 9.84 Å². The number of rotatable bonds is 2. The van der Waals surface area contributed by atoms with Crippen LogP contribution in [0.4, 0.5) is 0 Å². The van der Waals surface area contributed by atoms with E-state index < -0.39 is 9.84 Å². The van der Waals surface area contributed by atoms with Gasteiger partial charge in [0.05, 0.1) is 9.79 Å². The molecule has 8 heteroatoms. The first kappa shape index (κ1) is 28.4. The first-order valence-corrected chi connectivity index (χ1v) is 6.05. The molecule has 0 N–H and O–H groups in total. The van der Waals surface area contributed by atoms with Gasteiger partial charge in [0.15, 0.2) is 0 Å². The Balaban J connectivity index is -0.000000256. The second-order valence-electron chi connectivity index (χ2n) is 3.13. The SMILES string of the molecule is O=S(=O)(c1ccccc1)c1ccccc1.[Cl-].[Cl-].[Cl-].[Cl-].[Ti+4]. The van der Waals surface area contributed by atoms with Gasteiger partial charge in [-0.2, -0.15) is 0 Å². The summed E-state index contributed by atoms with van der Waals surface area (Å²) in [6, 6.07) is 16.9. The second kappa shape index (κ2) is 13.0. The zero-order valence-corrected chi connectivity index (χ0v) is 15.4. The molecule has 0 amide bonds. The van der Waals surface area contributed by atoms with E-state index in [2.05, 4.69) is 0 Å². The minimum atomic E-state index is -3.34. The molecule has 0 aliphatic carbocycles.